The molecule has 1 aromatic carbocycles. The van der Waals surface area contributed by atoms with Gasteiger partial charge in [-0.2, -0.15) is 11.8 Å². The molecule has 2 nitrogen and oxygen atoms in total. The van der Waals surface area contributed by atoms with E-state index in [1.807, 2.05) is 11.8 Å². The summed E-state index contributed by atoms with van der Waals surface area (Å²) in [6.07, 6.45) is 2.13. The van der Waals surface area contributed by atoms with Gasteiger partial charge in [0.25, 0.3) is 0 Å². The van der Waals surface area contributed by atoms with Crippen molar-refractivity contribution in [2.24, 2.45) is 0 Å². The van der Waals surface area contributed by atoms with Crippen LogP contribution in [0.1, 0.15) is 12.5 Å². The molecule has 0 aliphatic rings. The average molecular weight is 252 g/mol. The van der Waals surface area contributed by atoms with Gasteiger partial charge in [0.1, 0.15) is 0 Å². The smallest absolute Gasteiger partial charge is 0.184 e. The molecule has 0 radical (unpaired) electrons. The summed E-state index contributed by atoms with van der Waals surface area (Å²) in [5.41, 5.74) is 2.38. The molecular formula is C12H16N2S2. The van der Waals surface area contributed by atoms with E-state index in [4.69, 9.17) is 0 Å². The van der Waals surface area contributed by atoms with Gasteiger partial charge in [-0.3, -0.25) is 0 Å². The molecule has 86 valence electrons. The second-order valence-electron chi connectivity index (χ2n) is 3.94. The summed E-state index contributed by atoms with van der Waals surface area (Å²) >= 11 is 3.59. The Hall–Kier alpha value is -0.740. The van der Waals surface area contributed by atoms with Crippen molar-refractivity contribution in [2.75, 3.05) is 17.3 Å². The Kier molecular flexibility index (Phi) is 3.71. The van der Waals surface area contributed by atoms with Crippen molar-refractivity contribution in [3.8, 4) is 0 Å². The van der Waals surface area contributed by atoms with Gasteiger partial charge in [0.2, 0.25) is 0 Å². The Bertz CT molecular complexity index is 479. The van der Waals surface area contributed by atoms with Crippen LogP contribution in [0.25, 0.3) is 10.2 Å². The highest BCUT2D eigenvalue weighted by Gasteiger charge is 2.07. The quantitative estimate of drug-likeness (QED) is 0.896. The van der Waals surface area contributed by atoms with E-state index in [1.54, 1.807) is 11.3 Å². The molecule has 0 fully saturated rings. The first-order valence-electron chi connectivity index (χ1n) is 5.32. The number of nitrogens with zero attached hydrogens (tertiary/aromatic N) is 1. The molecule has 2 rings (SSSR count). The van der Waals surface area contributed by atoms with Crippen LogP contribution in [0.2, 0.25) is 0 Å². The number of benzene rings is 1. The van der Waals surface area contributed by atoms with Crippen LogP contribution in [-0.2, 0) is 0 Å². The van der Waals surface area contributed by atoms with Gasteiger partial charge in [-0.1, -0.05) is 23.5 Å². The Morgan fingerprint density at radius 2 is 2.31 bits per heavy atom. The second-order valence-corrected chi connectivity index (χ2v) is 5.88. The van der Waals surface area contributed by atoms with E-state index in [-0.39, 0.29) is 0 Å². The van der Waals surface area contributed by atoms with Crippen molar-refractivity contribution in [1.29, 1.82) is 0 Å². The number of fused-ring (bicyclic) bond motifs is 1. The van der Waals surface area contributed by atoms with Crippen molar-refractivity contribution in [1.82, 2.24) is 4.98 Å². The first-order chi connectivity index (χ1) is 7.70. The summed E-state index contributed by atoms with van der Waals surface area (Å²) in [5.74, 6) is 1.11. The maximum absolute atomic E-state index is 4.63. The predicted octanol–water partition coefficient (Wildman–Crippen LogP) is 3.77. The minimum absolute atomic E-state index is 0.468. The van der Waals surface area contributed by atoms with Gasteiger partial charge in [-0.15, -0.1) is 0 Å². The van der Waals surface area contributed by atoms with E-state index in [0.29, 0.717) is 6.04 Å². The zero-order chi connectivity index (χ0) is 11.5. The fraction of sp³-hybridized carbons (Fsp3) is 0.417. The van der Waals surface area contributed by atoms with Crippen molar-refractivity contribution in [2.45, 2.75) is 19.9 Å². The van der Waals surface area contributed by atoms with Crippen LogP contribution >= 0.6 is 23.1 Å². The Balaban J connectivity index is 2.23. The fourth-order valence-corrected chi connectivity index (χ4v) is 3.29. The molecular weight excluding hydrogens is 236 g/mol. The molecule has 16 heavy (non-hydrogen) atoms. The van der Waals surface area contributed by atoms with E-state index in [0.717, 1.165) is 16.4 Å². The lowest BCUT2D eigenvalue weighted by atomic mass is 10.2. The van der Waals surface area contributed by atoms with Crippen molar-refractivity contribution < 1.29 is 0 Å². The van der Waals surface area contributed by atoms with Gasteiger partial charge in [0, 0.05) is 11.8 Å². The summed E-state index contributed by atoms with van der Waals surface area (Å²) in [7, 11) is 0. The zero-order valence-electron chi connectivity index (χ0n) is 9.78. The molecule has 4 heteroatoms. The number of thioether (sulfide) groups is 1. The molecule has 1 aromatic heterocycles. The number of aryl methyl sites for hydroxylation is 1. The molecule has 0 bridgehead atoms. The third-order valence-electron chi connectivity index (χ3n) is 2.41. The van der Waals surface area contributed by atoms with E-state index in [1.165, 1.54) is 10.3 Å². The number of rotatable bonds is 4. The van der Waals surface area contributed by atoms with Gasteiger partial charge in [-0.25, -0.2) is 4.98 Å². The second kappa shape index (κ2) is 5.06. The fourth-order valence-electron chi connectivity index (χ4n) is 1.65. The van der Waals surface area contributed by atoms with Gasteiger partial charge in [-0.05, 0) is 31.7 Å². The van der Waals surface area contributed by atoms with Gasteiger partial charge < -0.3 is 5.32 Å². The van der Waals surface area contributed by atoms with E-state index >= 15 is 0 Å². The van der Waals surface area contributed by atoms with Gasteiger partial charge in [0.05, 0.1) is 10.2 Å². The molecule has 0 aliphatic carbocycles. The van der Waals surface area contributed by atoms with E-state index in [9.17, 15) is 0 Å². The molecule has 0 saturated heterocycles. The molecule has 1 unspecified atom stereocenters. The van der Waals surface area contributed by atoms with Crippen LogP contribution in [-0.4, -0.2) is 23.0 Å². The zero-order valence-corrected chi connectivity index (χ0v) is 11.4. The molecule has 2 aromatic rings. The monoisotopic (exact) mass is 252 g/mol. The third kappa shape index (κ3) is 2.50. The summed E-state index contributed by atoms with van der Waals surface area (Å²) in [6.45, 7) is 4.30. The van der Waals surface area contributed by atoms with Crippen LogP contribution in [0.4, 0.5) is 5.13 Å². The third-order valence-corrected chi connectivity index (χ3v) is 4.19. The standard InChI is InChI=1S/C12H16N2S2/c1-8-5-4-6-10-11(8)14-12(16-10)13-9(2)7-15-3/h4-6,9H,7H2,1-3H3,(H,13,14). The van der Waals surface area contributed by atoms with Crippen LogP contribution in [0.3, 0.4) is 0 Å². The molecule has 1 atom stereocenters. The maximum Gasteiger partial charge on any atom is 0.184 e. The number of thiazole rings is 1. The number of anilines is 1. The Morgan fingerprint density at radius 1 is 1.50 bits per heavy atom. The first-order valence-corrected chi connectivity index (χ1v) is 7.53. The number of nitrogens with one attached hydrogen (secondary N) is 1. The Morgan fingerprint density at radius 3 is 3.00 bits per heavy atom. The highest BCUT2D eigenvalue weighted by molar-refractivity contribution is 7.98. The van der Waals surface area contributed by atoms with Crippen LogP contribution in [0.15, 0.2) is 18.2 Å². The van der Waals surface area contributed by atoms with Crippen LogP contribution in [0, 0.1) is 6.92 Å². The van der Waals surface area contributed by atoms with Gasteiger partial charge in [0.15, 0.2) is 5.13 Å². The van der Waals surface area contributed by atoms with Crippen LogP contribution in [0.5, 0.6) is 0 Å². The normalized spacial score (nSPS) is 12.9. The van der Waals surface area contributed by atoms with E-state index < -0.39 is 0 Å². The first kappa shape index (κ1) is 11.7. The molecule has 0 spiro atoms. The summed E-state index contributed by atoms with van der Waals surface area (Å²) in [6, 6.07) is 6.79. The SMILES string of the molecule is CSCC(C)Nc1nc2c(C)cccc2s1. The van der Waals surface area contributed by atoms with Crippen molar-refractivity contribution >= 4 is 38.4 Å². The van der Waals surface area contributed by atoms with Crippen molar-refractivity contribution in [3.63, 3.8) is 0 Å². The number of para-hydroxylation sites is 1. The number of hydrogen-bond acceptors (Lipinski definition) is 4. The lowest BCUT2D eigenvalue weighted by Gasteiger charge is -2.10. The van der Waals surface area contributed by atoms with E-state index in [2.05, 4.69) is 48.6 Å². The minimum Gasteiger partial charge on any atom is -0.358 e. The highest BCUT2D eigenvalue weighted by Crippen LogP contribution is 2.28. The Labute approximate surface area is 104 Å². The molecule has 1 N–H and O–H groups in total. The predicted molar refractivity (Wildman–Crippen MR) is 75.8 cm³/mol. The lowest BCUT2D eigenvalue weighted by molar-refractivity contribution is 0.912. The molecule has 0 aliphatic heterocycles. The largest absolute Gasteiger partial charge is 0.358 e. The summed E-state index contributed by atoms with van der Waals surface area (Å²) < 4.78 is 1.26. The minimum atomic E-state index is 0.468. The molecule has 1 heterocycles. The topological polar surface area (TPSA) is 24.9 Å². The van der Waals surface area contributed by atoms with Crippen molar-refractivity contribution in [3.05, 3.63) is 23.8 Å². The molecule has 0 amide bonds. The van der Waals surface area contributed by atoms with Crippen LogP contribution < -0.4 is 5.32 Å². The number of aromatic nitrogens is 1. The lowest BCUT2D eigenvalue weighted by Crippen LogP contribution is -2.17. The summed E-state index contributed by atoms with van der Waals surface area (Å²) in [4.78, 5) is 4.63. The highest BCUT2D eigenvalue weighted by atomic mass is 32.2. The average Bonchev–Trinajstić information content (AvgIpc) is 2.62. The maximum atomic E-state index is 4.63. The molecule has 0 saturated carbocycles. The van der Waals surface area contributed by atoms with Gasteiger partial charge >= 0.3 is 0 Å². The number of hydrogen-bond donors (Lipinski definition) is 1. The summed E-state index contributed by atoms with van der Waals surface area (Å²) in [5, 5.41) is 4.48.